The fourth-order valence-electron chi connectivity index (χ4n) is 2.35. The zero-order valence-corrected chi connectivity index (χ0v) is 11.0. The van der Waals surface area contributed by atoms with E-state index in [9.17, 15) is 4.79 Å². The molecule has 0 bridgehead atoms. The predicted octanol–water partition coefficient (Wildman–Crippen LogP) is 1.67. The lowest BCUT2D eigenvalue weighted by Crippen LogP contribution is -2.37. The minimum absolute atomic E-state index is 0.0378. The second kappa shape index (κ2) is 5.83. The van der Waals surface area contributed by atoms with Crippen molar-refractivity contribution in [2.45, 2.75) is 12.8 Å². The molecule has 1 aliphatic rings. The Morgan fingerprint density at radius 1 is 1.45 bits per heavy atom. The van der Waals surface area contributed by atoms with E-state index >= 15 is 0 Å². The number of carbonyl (C=O) groups is 1. The molecule has 1 saturated heterocycles. The lowest BCUT2D eigenvalue weighted by molar-refractivity contribution is -0.120. The van der Waals surface area contributed by atoms with Crippen LogP contribution >= 0.6 is 0 Å². The van der Waals surface area contributed by atoms with Crippen LogP contribution in [0.2, 0.25) is 0 Å². The van der Waals surface area contributed by atoms with Crippen LogP contribution in [0.5, 0.6) is 0 Å². The third-order valence-electron chi connectivity index (χ3n) is 3.40. The fraction of sp³-hybridized carbons (Fsp3) is 0.357. The van der Waals surface area contributed by atoms with Gasteiger partial charge in [0.2, 0.25) is 18.2 Å². The molecule has 1 aromatic heterocycles. The minimum atomic E-state index is 0.0378. The van der Waals surface area contributed by atoms with Crippen LogP contribution in [0.25, 0.3) is 11.5 Å². The number of nitrogens with zero attached hydrogens (tertiary/aromatic N) is 2. The van der Waals surface area contributed by atoms with Gasteiger partial charge in [0.1, 0.15) is 0 Å². The fourth-order valence-corrected chi connectivity index (χ4v) is 2.35. The molecule has 1 amide bonds. The van der Waals surface area contributed by atoms with Crippen molar-refractivity contribution in [1.82, 2.24) is 15.5 Å². The highest BCUT2D eigenvalue weighted by Gasteiger charge is 2.20. The standard InChI is InChI=1S/C14H16N4O2/c19-13(11-4-2-6-15-8-11)17-12-5-1-3-10(7-12)14-18-16-9-20-14/h1,3,5,7,9,11,15H,2,4,6,8H2,(H,17,19)/t11-/m1/s1. The summed E-state index contributed by atoms with van der Waals surface area (Å²) >= 11 is 0. The highest BCUT2D eigenvalue weighted by molar-refractivity contribution is 5.93. The number of aromatic nitrogens is 2. The molecule has 0 radical (unpaired) electrons. The Bertz CT molecular complexity index is 577. The molecule has 0 saturated carbocycles. The molecule has 1 aromatic carbocycles. The summed E-state index contributed by atoms with van der Waals surface area (Å²) in [7, 11) is 0. The topological polar surface area (TPSA) is 80.1 Å². The number of amides is 1. The summed E-state index contributed by atoms with van der Waals surface area (Å²) < 4.78 is 5.15. The Labute approximate surface area is 116 Å². The first-order valence-electron chi connectivity index (χ1n) is 6.71. The number of benzene rings is 1. The molecule has 2 heterocycles. The van der Waals surface area contributed by atoms with Crippen LogP contribution in [0.3, 0.4) is 0 Å². The van der Waals surface area contributed by atoms with Crippen LogP contribution in [0, 0.1) is 5.92 Å². The molecular weight excluding hydrogens is 256 g/mol. The third-order valence-corrected chi connectivity index (χ3v) is 3.40. The highest BCUT2D eigenvalue weighted by Crippen LogP contribution is 2.21. The summed E-state index contributed by atoms with van der Waals surface area (Å²) in [5.74, 6) is 0.538. The Hall–Kier alpha value is -2.21. The first-order chi connectivity index (χ1) is 9.83. The number of hydrogen-bond donors (Lipinski definition) is 2. The molecular formula is C14H16N4O2. The summed E-state index contributed by atoms with van der Waals surface area (Å²) in [4.78, 5) is 12.2. The lowest BCUT2D eigenvalue weighted by atomic mass is 9.99. The molecule has 6 heteroatoms. The van der Waals surface area contributed by atoms with Crippen molar-refractivity contribution in [2.24, 2.45) is 5.92 Å². The zero-order chi connectivity index (χ0) is 13.8. The van der Waals surface area contributed by atoms with E-state index in [4.69, 9.17) is 4.42 Å². The SMILES string of the molecule is O=C(Nc1cccc(-c2nnco2)c1)[C@@H]1CCCNC1. The molecule has 1 atom stereocenters. The normalized spacial score (nSPS) is 18.7. The van der Waals surface area contributed by atoms with E-state index in [1.165, 1.54) is 6.39 Å². The van der Waals surface area contributed by atoms with Crippen molar-refractivity contribution in [3.05, 3.63) is 30.7 Å². The van der Waals surface area contributed by atoms with Gasteiger partial charge in [0.25, 0.3) is 0 Å². The average Bonchev–Trinajstić information content (AvgIpc) is 3.03. The van der Waals surface area contributed by atoms with Gasteiger partial charge in [-0.2, -0.15) is 0 Å². The van der Waals surface area contributed by atoms with Crippen LogP contribution < -0.4 is 10.6 Å². The van der Waals surface area contributed by atoms with Gasteiger partial charge < -0.3 is 15.1 Å². The maximum absolute atomic E-state index is 12.2. The molecule has 104 valence electrons. The smallest absolute Gasteiger partial charge is 0.247 e. The molecule has 3 rings (SSSR count). The van der Waals surface area contributed by atoms with E-state index < -0.39 is 0 Å². The minimum Gasteiger partial charge on any atom is -0.423 e. The van der Waals surface area contributed by atoms with Gasteiger partial charge in [0.15, 0.2) is 0 Å². The van der Waals surface area contributed by atoms with Gasteiger partial charge in [0.05, 0.1) is 5.92 Å². The van der Waals surface area contributed by atoms with Crippen LogP contribution in [-0.4, -0.2) is 29.2 Å². The number of nitrogens with one attached hydrogen (secondary N) is 2. The first-order valence-corrected chi connectivity index (χ1v) is 6.71. The van der Waals surface area contributed by atoms with Crippen molar-refractivity contribution < 1.29 is 9.21 Å². The van der Waals surface area contributed by atoms with E-state index in [2.05, 4.69) is 20.8 Å². The van der Waals surface area contributed by atoms with Crippen LogP contribution in [0.1, 0.15) is 12.8 Å². The van der Waals surface area contributed by atoms with Crippen LogP contribution in [0.15, 0.2) is 35.1 Å². The van der Waals surface area contributed by atoms with E-state index in [1.807, 2.05) is 24.3 Å². The summed E-state index contributed by atoms with van der Waals surface area (Å²) in [6, 6.07) is 7.41. The third kappa shape index (κ3) is 2.85. The van der Waals surface area contributed by atoms with Crippen molar-refractivity contribution in [3.63, 3.8) is 0 Å². The van der Waals surface area contributed by atoms with Gasteiger partial charge >= 0.3 is 0 Å². The Morgan fingerprint density at radius 3 is 3.15 bits per heavy atom. The van der Waals surface area contributed by atoms with Crippen LogP contribution in [-0.2, 0) is 4.79 Å². The molecule has 0 unspecified atom stereocenters. The number of anilines is 1. The second-order valence-corrected chi connectivity index (χ2v) is 4.86. The average molecular weight is 272 g/mol. The molecule has 1 aliphatic heterocycles. The molecule has 0 aliphatic carbocycles. The van der Waals surface area contributed by atoms with E-state index in [-0.39, 0.29) is 11.8 Å². The van der Waals surface area contributed by atoms with Crippen molar-refractivity contribution in [1.29, 1.82) is 0 Å². The highest BCUT2D eigenvalue weighted by atomic mass is 16.4. The zero-order valence-electron chi connectivity index (χ0n) is 11.0. The van der Waals surface area contributed by atoms with Crippen molar-refractivity contribution in [2.75, 3.05) is 18.4 Å². The largest absolute Gasteiger partial charge is 0.423 e. The monoisotopic (exact) mass is 272 g/mol. The lowest BCUT2D eigenvalue weighted by Gasteiger charge is -2.21. The Morgan fingerprint density at radius 2 is 2.40 bits per heavy atom. The predicted molar refractivity (Wildman–Crippen MR) is 74.0 cm³/mol. The number of piperidine rings is 1. The maximum atomic E-state index is 12.2. The molecule has 2 aromatic rings. The van der Waals surface area contributed by atoms with E-state index in [0.717, 1.165) is 37.2 Å². The number of carbonyl (C=O) groups excluding carboxylic acids is 1. The maximum Gasteiger partial charge on any atom is 0.247 e. The molecule has 1 fully saturated rings. The van der Waals surface area contributed by atoms with Gasteiger partial charge in [-0.05, 0) is 37.6 Å². The first kappa shape index (κ1) is 12.8. The molecule has 0 spiro atoms. The van der Waals surface area contributed by atoms with Gasteiger partial charge in [-0.15, -0.1) is 10.2 Å². The number of rotatable bonds is 3. The second-order valence-electron chi connectivity index (χ2n) is 4.86. The van der Waals surface area contributed by atoms with Crippen molar-refractivity contribution >= 4 is 11.6 Å². The quantitative estimate of drug-likeness (QED) is 0.888. The summed E-state index contributed by atoms with van der Waals surface area (Å²) in [6.07, 6.45) is 3.26. The van der Waals surface area contributed by atoms with Gasteiger partial charge in [-0.1, -0.05) is 6.07 Å². The van der Waals surface area contributed by atoms with E-state index in [1.54, 1.807) is 0 Å². The Kier molecular flexibility index (Phi) is 3.73. The summed E-state index contributed by atoms with van der Waals surface area (Å²) in [5, 5.41) is 13.7. The van der Waals surface area contributed by atoms with Gasteiger partial charge in [-0.25, -0.2) is 0 Å². The number of hydrogen-bond acceptors (Lipinski definition) is 5. The van der Waals surface area contributed by atoms with Crippen molar-refractivity contribution in [3.8, 4) is 11.5 Å². The van der Waals surface area contributed by atoms with Crippen LogP contribution in [0.4, 0.5) is 5.69 Å². The summed E-state index contributed by atoms with van der Waals surface area (Å²) in [6.45, 7) is 1.74. The summed E-state index contributed by atoms with van der Waals surface area (Å²) in [5.41, 5.74) is 1.54. The van der Waals surface area contributed by atoms with Gasteiger partial charge in [-0.3, -0.25) is 4.79 Å². The Balaban J connectivity index is 1.71. The van der Waals surface area contributed by atoms with E-state index in [0.29, 0.717) is 5.89 Å². The molecule has 20 heavy (non-hydrogen) atoms. The molecule has 2 N–H and O–H groups in total. The molecule has 6 nitrogen and oxygen atoms in total. The van der Waals surface area contributed by atoms with Gasteiger partial charge in [0, 0.05) is 17.8 Å².